The molecule has 3 rings (SSSR count). The smallest absolute Gasteiger partial charge is 0.251 e. The zero-order chi connectivity index (χ0) is 12.5. The Morgan fingerprint density at radius 3 is 3.06 bits per heavy atom. The van der Waals surface area contributed by atoms with Gasteiger partial charge in [-0.1, -0.05) is 0 Å². The number of aromatic nitrogens is 4. The minimum absolute atomic E-state index is 0.147. The molecule has 7 heteroatoms. The van der Waals surface area contributed by atoms with Gasteiger partial charge in [-0.05, 0) is 12.1 Å². The van der Waals surface area contributed by atoms with Crippen molar-refractivity contribution in [1.29, 1.82) is 5.26 Å². The SMILES string of the molecule is COc1ccc2nc(-c3n[nH]nc3C#N)oc2c1. The van der Waals surface area contributed by atoms with Crippen LogP contribution in [0.2, 0.25) is 0 Å². The molecule has 0 aliphatic heterocycles. The number of methoxy groups -OCH3 is 1. The molecule has 0 atom stereocenters. The number of rotatable bonds is 2. The number of nitriles is 1. The van der Waals surface area contributed by atoms with Crippen molar-refractivity contribution >= 4 is 11.1 Å². The lowest BCUT2D eigenvalue weighted by molar-refractivity contribution is 0.414. The van der Waals surface area contributed by atoms with Crippen LogP contribution in [-0.2, 0) is 0 Å². The second-order valence-corrected chi connectivity index (χ2v) is 3.49. The first-order valence-electron chi connectivity index (χ1n) is 5.07. The zero-order valence-electron chi connectivity index (χ0n) is 9.34. The van der Waals surface area contributed by atoms with E-state index in [2.05, 4.69) is 20.4 Å². The van der Waals surface area contributed by atoms with Gasteiger partial charge in [0, 0.05) is 6.07 Å². The number of aromatic amines is 1. The molecule has 1 aromatic carbocycles. The van der Waals surface area contributed by atoms with Gasteiger partial charge in [-0.3, -0.25) is 0 Å². The summed E-state index contributed by atoms with van der Waals surface area (Å²) < 4.78 is 10.6. The van der Waals surface area contributed by atoms with E-state index in [-0.39, 0.29) is 11.6 Å². The predicted molar refractivity (Wildman–Crippen MR) is 60.7 cm³/mol. The maximum absolute atomic E-state index is 8.86. The third-order valence-electron chi connectivity index (χ3n) is 2.45. The highest BCUT2D eigenvalue weighted by molar-refractivity contribution is 5.77. The van der Waals surface area contributed by atoms with Crippen LogP contribution >= 0.6 is 0 Å². The van der Waals surface area contributed by atoms with Crippen LogP contribution in [0.1, 0.15) is 5.69 Å². The lowest BCUT2D eigenvalue weighted by Gasteiger charge is -1.95. The molecule has 2 aromatic heterocycles. The Hall–Kier alpha value is -2.88. The first-order valence-corrected chi connectivity index (χ1v) is 5.07. The molecule has 7 nitrogen and oxygen atoms in total. The highest BCUT2D eigenvalue weighted by Gasteiger charge is 2.16. The molecule has 18 heavy (non-hydrogen) atoms. The van der Waals surface area contributed by atoms with Crippen LogP contribution < -0.4 is 4.74 Å². The summed E-state index contributed by atoms with van der Waals surface area (Å²) in [5.41, 5.74) is 1.68. The number of fused-ring (bicyclic) bond motifs is 1. The highest BCUT2D eigenvalue weighted by atomic mass is 16.5. The fourth-order valence-corrected chi connectivity index (χ4v) is 1.59. The first kappa shape index (κ1) is 10.3. The summed E-state index contributed by atoms with van der Waals surface area (Å²) in [5.74, 6) is 0.925. The Morgan fingerprint density at radius 1 is 1.39 bits per heavy atom. The van der Waals surface area contributed by atoms with Crippen molar-refractivity contribution in [1.82, 2.24) is 20.4 Å². The molecule has 88 valence electrons. The first-order chi connectivity index (χ1) is 8.81. The summed E-state index contributed by atoms with van der Waals surface area (Å²) in [6, 6.07) is 7.18. The van der Waals surface area contributed by atoms with Crippen molar-refractivity contribution in [2.45, 2.75) is 0 Å². The van der Waals surface area contributed by atoms with E-state index in [1.54, 1.807) is 25.3 Å². The molecular weight excluding hydrogens is 234 g/mol. The molecule has 0 unspecified atom stereocenters. The number of hydrogen-bond acceptors (Lipinski definition) is 6. The lowest BCUT2D eigenvalue weighted by Crippen LogP contribution is -1.81. The van der Waals surface area contributed by atoms with Crippen molar-refractivity contribution in [3.8, 4) is 23.4 Å². The monoisotopic (exact) mass is 241 g/mol. The van der Waals surface area contributed by atoms with E-state index in [4.69, 9.17) is 14.4 Å². The van der Waals surface area contributed by atoms with Gasteiger partial charge in [-0.2, -0.15) is 10.5 Å². The zero-order valence-corrected chi connectivity index (χ0v) is 9.34. The number of oxazole rings is 1. The number of benzene rings is 1. The normalized spacial score (nSPS) is 10.4. The molecule has 0 aliphatic rings. The molecule has 0 saturated carbocycles. The van der Waals surface area contributed by atoms with Crippen LogP contribution in [0, 0.1) is 11.3 Å². The van der Waals surface area contributed by atoms with Crippen LogP contribution in [0.5, 0.6) is 5.75 Å². The Kier molecular flexibility index (Phi) is 2.20. The molecule has 3 aromatic rings. The number of nitrogens with one attached hydrogen (secondary N) is 1. The summed E-state index contributed by atoms with van der Waals surface area (Å²) in [7, 11) is 1.57. The van der Waals surface area contributed by atoms with Gasteiger partial charge in [0.1, 0.15) is 17.3 Å². The summed E-state index contributed by atoms with van der Waals surface area (Å²) in [6.07, 6.45) is 0. The van der Waals surface area contributed by atoms with Gasteiger partial charge in [-0.15, -0.1) is 10.2 Å². The Bertz CT molecular complexity index is 752. The minimum Gasteiger partial charge on any atom is -0.497 e. The fraction of sp³-hybridized carbons (Fsp3) is 0.0909. The van der Waals surface area contributed by atoms with E-state index in [0.29, 0.717) is 22.5 Å². The van der Waals surface area contributed by atoms with Crippen molar-refractivity contribution in [3.05, 3.63) is 23.9 Å². The molecule has 0 amide bonds. The summed E-state index contributed by atoms with van der Waals surface area (Å²) in [5, 5.41) is 18.8. The summed E-state index contributed by atoms with van der Waals surface area (Å²) in [4.78, 5) is 4.24. The van der Waals surface area contributed by atoms with Gasteiger partial charge in [0.2, 0.25) is 0 Å². The Balaban J connectivity index is 2.17. The van der Waals surface area contributed by atoms with Crippen LogP contribution in [0.15, 0.2) is 22.6 Å². The van der Waals surface area contributed by atoms with E-state index < -0.39 is 0 Å². The second kappa shape index (κ2) is 3.85. The maximum Gasteiger partial charge on any atom is 0.251 e. The van der Waals surface area contributed by atoms with Gasteiger partial charge < -0.3 is 9.15 Å². The Morgan fingerprint density at radius 2 is 2.28 bits per heavy atom. The van der Waals surface area contributed by atoms with Crippen LogP contribution in [0.25, 0.3) is 22.7 Å². The number of hydrogen-bond donors (Lipinski definition) is 1. The third-order valence-corrected chi connectivity index (χ3v) is 2.45. The van der Waals surface area contributed by atoms with Crippen molar-refractivity contribution < 1.29 is 9.15 Å². The molecular formula is C11H7N5O2. The van der Waals surface area contributed by atoms with Gasteiger partial charge in [0.15, 0.2) is 17.0 Å². The van der Waals surface area contributed by atoms with Gasteiger partial charge >= 0.3 is 0 Å². The maximum atomic E-state index is 8.86. The Labute approximate surface area is 101 Å². The van der Waals surface area contributed by atoms with Gasteiger partial charge in [0.25, 0.3) is 5.89 Å². The molecule has 0 saturated heterocycles. The molecule has 0 spiro atoms. The van der Waals surface area contributed by atoms with Crippen LogP contribution in [0.3, 0.4) is 0 Å². The van der Waals surface area contributed by atoms with E-state index in [1.165, 1.54) is 0 Å². The quantitative estimate of drug-likeness (QED) is 0.729. The molecule has 1 N–H and O–H groups in total. The van der Waals surface area contributed by atoms with Crippen LogP contribution in [-0.4, -0.2) is 27.5 Å². The standard InChI is InChI=1S/C11H7N5O2/c1-17-6-2-3-7-9(4-6)18-11(13-7)10-8(5-12)14-16-15-10/h2-4H,1H3,(H,14,15,16). The summed E-state index contributed by atoms with van der Waals surface area (Å²) in [6.45, 7) is 0. The largest absolute Gasteiger partial charge is 0.497 e. The minimum atomic E-state index is 0.147. The number of nitrogens with zero attached hydrogens (tertiary/aromatic N) is 4. The third kappa shape index (κ3) is 1.48. The topological polar surface area (TPSA) is 101 Å². The fourth-order valence-electron chi connectivity index (χ4n) is 1.59. The van der Waals surface area contributed by atoms with Gasteiger partial charge in [-0.25, -0.2) is 4.98 Å². The van der Waals surface area contributed by atoms with E-state index in [0.717, 1.165) is 0 Å². The average Bonchev–Trinajstić information content (AvgIpc) is 3.03. The number of ether oxygens (including phenoxy) is 1. The van der Waals surface area contributed by atoms with Crippen molar-refractivity contribution in [2.24, 2.45) is 0 Å². The second-order valence-electron chi connectivity index (χ2n) is 3.49. The average molecular weight is 241 g/mol. The summed E-state index contributed by atoms with van der Waals surface area (Å²) >= 11 is 0. The van der Waals surface area contributed by atoms with E-state index in [1.807, 2.05) is 6.07 Å². The van der Waals surface area contributed by atoms with Gasteiger partial charge in [0.05, 0.1) is 7.11 Å². The van der Waals surface area contributed by atoms with Crippen LogP contribution in [0.4, 0.5) is 0 Å². The molecule has 0 fully saturated rings. The number of H-pyrrole nitrogens is 1. The van der Waals surface area contributed by atoms with E-state index >= 15 is 0 Å². The highest BCUT2D eigenvalue weighted by Crippen LogP contribution is 2.26. The predicted octanol–water partition coefficient (Wildman–Crippen LogP) is 1.49. The van der Waals surface area contributed by atoms with Crippen molar-refractivity contribution in [2.75, 3.05) is 7.11 Å². The molecule has 0 bridgehead atoms. The molecule has 2 heterocycles. The van der Waals surface area contributed by atoms with Crippen molar-refractivity contribution in [3.63, 3.8) is 0 Å². The van der Waals surface area contributed by atoms with E-state index in [9.17, 15) is 0 Å². The lowest BCUT2D eigenvalue weighted by atomic mass is 10.3. The molecule has 0 aliphatic carbocycles. The molecule has 0 radical (unpaired) electrons.